The topological polar surface area (TPSA) is 108 Å². The number of allylic oxidation sites excluding steroid dienone is 23. The van der Waals surface area contributed by atoms with Gasteiger partial charge in [0.25, 0.3) is 7.82 Å². The minimum absolute atomic E-state index is 0.0178. The fourth-order valence-corrected chi connectivity index (χ4v) is 8.19. The van der Waals surface area contributed by atoms with E-state index in [9.17, 15) is 19.4 Å². The number of rotatable bonds is 51. The van der Waals surface area contributed by atoms with Gasteiger partial charge in [0.15, 0.2) is 0 Å². The zero-order valence-electron chi connectivity index (χ0n) is 47.7. The van der Waals surface area contributed by atoms with Crippen molar-refractivity contribution in [1.82, 2.24) is 5.32 Å². The second kappa shape index (κ2) is 54.2. The summed E-state index contributed by atoms with van der Waals surface area (Å²) in [5.74, 6) is -0.225. The number of hydrogen-bond acceptors (Lipinski definition) is 6. The van der Waals surface area contributed by atoms with E-state index in [4.69, 9.17) is 9.05 Å². The van der Waals surface area contributed by atoms with E-state index in [-0.39, 0.29) is 12.5 Å². The number of phosphoric acid groups is 1. The van der Waals surface area contributed by atoms with Gasteiger partial charge in [-0.1, -0.05) is 230 Å². The largest absolute Gasteiger partial charge is 0.756 e. The summed E-state index contributed by atoms with van der Waals surface area (Å²) in [6.07, 6.45) is 83.6. The van der Waals surface area contributed by atoms with Crippen molar-refractivity contribution in [3.63, 3.8) is 0 Å². The first-order chi connectivity index (χ1) is 36.0. The van der Waals surface area contributed by atoms with Crippen LogP contribution in [0.3, 0.4) is 0 Å². The summed E-state index contributed by atoms with van der Waals surface area (Å²) in [5, 5.41) is 13.8. The van der Waals surface area contributed by atoms with E-state index in [1.54, 1.807) is 6.08 Å². The molecule has 420 valence electrons. The van der Waals surface area contributed by atoms with Gasteiger partial charge in [-0.15, -0.1) is 0 Å². The zero-order chi connectivity index (χ0) is 54.2. The molecule has 0 saturated heterocycles. The summed E-state index contributed by atoms with van der Waals surface area (Å²) in [4.78, 5) is 25.5. The molecule has 0 fully saturated rings. The minimum Gasteiger partial charge on any atom is -0.756 e. The Morgan fingerprint density at radius 1 is 0.486 bits per heavy atom. The van der Waals surface area contributed by atoms with Gasteiger partial charge in [0.2, 0.25) is 5.91 Å². The van der Waals surface area contributed by atoms with E-state index >= 15 is 0 Å². The smallest absolute Gasteiger partial charge is 0.268 e. The monoisotopic (exact) mass is 1040 g/mol. The summed E-state index contributed by atoms with van der Waals surface area (Å²) in [6, 6.07) is -0.923. The maximum Gasteiger partial charge on any atom is 0.268 e. The molecule has 0 aliphatic rings. The van der Waals surface area contributed by atoms with Crippen molar-refractivity contribution in [2.24, 2.45) is 0 Å². The molecule has 0 heterocycles. The number of likely N-dealkylation sites (N-methyl/N-ethyl adjacent to an activating group) is 1. The molecule has 3 unspecified atom stereocenters. The maximum absolute atomic E-state index is 12.9. The molecule has 0 aromatic heterocycles. The molecular formula is C65H109N2O6P. The van der Waals surface area contributed by atoms with Crippen LogP contribution in [0.25, 0.3) is 0 Å². The van der Waals surface area contributed by atoms with Crippen molar-refractivity contribution >= 4 is 13.7 Å². The lowest BCUT2D eigenvalue weighted by Gasteiger charge is -2.29. The van der Waals surface area contributed by atoms with E-state index < -0.39 is 26.6 Å². The van der Waals surface area contributed by atoms with Gasteiger partial charge in [-0.05, 0) is 116 Å². The molecule has 0 spiro atoms. The predicted octanol–water partition coefficient (Wildman–Crippen LogP) is 17.5. The van der Waals surface area contributed by atoms with Crippen molar-refractivity contribution in [2.45, 2.75) is 219 Å². The van der Waals surface area contributed by atoms with Crippen LogP contribution in [0.5, 0.6) is 0 Å². The second-order valence-corrected chi connectivity index (χ2v) is 21.7. The fourth-order valence-electron chi connectivity index (χ4n) is 7.47. The number of amides is 1. The lowest BCUT2D eigenvalue weighted by molar-refractivity contribution is -0.870. The molecule has 0 aliphatic heterocycles. The average Bonchev–Trinajstić information content (AvgIpc) is 3.36. The van der Waals surface area contributed by atoms with Crippen molar-refractivity contribution in [3.8, 4) is 0 Å². The lowest BCUT2D eigenvalue weighted by Crippen LogP contribution is -2.45. The van der Waals surface area contributed by atoms with Gasteiger partial charge < -0.3 is 28.8 Å². The fraction of sp³-hybridized carbons (Fsp3) is 0.615. The van der Waals surface area contributed by atoms with Crippen LogP contribution >= 0.6 is 7.82 Å². The molecule has 3 atom stereocenters. The van der Waals surface area contributed by atoms with Crippen LogP contribution in [0.1, 0.15) is 206 Å². The second-order valence-electron chi connectivity index (χ2n) is 20.2. The van der Waals surface area contributed by atoms with Crippen LogP contribution in [0.2, 0.25) is 0 Å². The first kappa shape index (κ1) is 70.4. The third kappa shape index (κ3) is 56.1. The van der Waals surface area contributed by atoms with Gasteiger partial charge in [-0.3, -0.25) is 9.36 Å². The molecule has 0 bridgehead atoms. The van der Waals surface area contributed by atoms with Crippen LogP contribution in [0.15, 0.2) is 146 Å². The summed E-state index contributed by atoms with van der Waals surface area (Å²) in [5.41, 5.74) is 0. The number of aliphatic hydroxyl groups excluding tert-OH is 1. The van der Waals surface area contributed by atoms with E-state index in [1.165, 1.54) is 64.2 Å². The summed E-state index contributed by atoms with van der Waals surface area (Å²) in [7, 11) is 1.21. The Kier molecular flexibility index (Phi) is 51.5. The van der Waals surface area contributed by atoms with Crippen molar-refractivity contribution in [3.05, 3.63) is 146 Å². The zero-order valence-corrected chi connectivity index (χ0v) is 48.6. The highest BCUT2D eigenvalue weighted by atomic mass is 31.2. The molecule has 2 N–H and O–H groups in total. The highest BCUT2D eigenvalue weighted by molar-refractivity contribution is 7.45. The van der Waals surface area contributed by atoms with Crippen molar-refractivity contribution < 1.29 is 32.9 Å². The summed E-state index contributed by atoms with van der Waals surface area (Å²) >= 11 is 0. The Balaban J connectivity index is 4.20. The number of carbonyl (C=O) groups excluding carboxylic acids is 1. The molecule has 0 aliphatic carbocycles. The first-order valence-electron chi connectivity index (χ1n) is 29.2. The molecule has 0 saturated carbocycles. The minimum atomic E-state index is -4.62. The van der Waals surface area contributed by atoms with E-state index in [2.05, 4.69) is 153 Å². The Bertz CT molecular complexity index is 1710. The van der Waals surface area contributed by atoms with Crippen LogP contribution in [-0.2, 0) is 18.4 Å². The molecule has 8 nitrogen and oxygen atoms in total. The Hall–Kier alpha value is -3.62. The molecule has 0 radical (unpaired) electrons. The van der Waals surface area contributed by atoms with Gasteiger partial charge in [-0.25, -0.2) is 0 Å². The van der Waals surface area contributed by atoms with Crippen LogP contribution in [0.4, 0.5) is 0 Å². The summed E-state index contributed by atoms with van der Waals surface area (Å²) in [6.45, 7) is 4.46. The van der Waals surface area contributed by atoms with Gasteiger partial charge in [0, 0.05) is 6.42 Å². The van der Waals surface area contributed by atoms with Crippen molar-refractivity contribution in [1.29, 1.82) is 0 Å². The van der Waals surface area contributed by atoms with E-state index in [0.29, 0.717) is 17.4 Å². The summed E-state index contributed by atoms with van der Waals surface area (Å²) < 4.78 is 23.3. The number of nitrogens with zero attached hydrogens (tertiary/aromatic N) is 1. The van der Waals surface area contributed by atoms with Crippen LogP contribution in [0, 0.1) is 0 Å². The third-order valence-electron chi connectivity index (χ3n) is 12.0. The van der Waals surface area contributed by atoms with Gasteiger partial charge in [0.1, 0.15) is 13.2 Å². The van der Waals surface area contributed by atoms with Crippen LogP contribution < -0.4 is 10.2 Å². The number of nitrogens with one attached hydrogen (secondary N) is 1. The molecule has 9 heteroatoms. The Labute approximate surface area is 455 Å². The van der Waals surface area contributed by atoms with E-state index in [1.807, 2.05) is 27.2 Å². The highest BCUT2D eigenvalue weighted by Crippen LogP contribution is 2.38. The number of quaternary nitrogens is 1. The number of aliphatic hydroxyl groups is 1. The number of phosphoric ester groups is 1. The number of unbranched alkanes of at least 4 members (excludes halogenated alkanes) is 16. The lowest BCUT2D eigenvalue weighted by atomic mass is 10.1. The van der Waals surface area contributed by atoms with Gasteiger partial charge in [0.05, 0.1) is 39.9 Å². The molecule has 1 amide bonds. The van der Waals surface area contributed by atoms with E-state index in [0.717, 1.165) is 122 Å². The molecule has 0 aromatic rings. The normalized spacial score (nSPS) is 15.0. The quantitative estimate of drug-likeness (QED) is 0.0272. The van der Waals surface area contributed by atoms with Crippen LogP contribution in [-0.4, -0.2) is 68.5 Å². The molecule has 0 aromatic carbocycles. The number of carbonyl (C=O) groups is 1. The standard InChI is InChI=1S/C65H109N2O6P/c1-6-8-10-12-14-16-18-20-22-23-24-25-26-27-28-29-30-31-32-33-34-35-36-37-38-39-40-41-42-43-45-47-49-51-53-55-57-59-65(69)66-63(62-73-74(70,71)72-61-60-67(3,4)5)64(68)58-56-54-52-50-48-46-44-21-19-17-15-13-11-9-7-2/h8,10,14,16,19-22,24-25,27-28,30-31,33-34,36-37,39-40,48,50,56,58,63-64,68H,6-7,9,11-13,15,17-18,23,26,29,32,35,38,41-47,49,51-55,57,59-62H2,1-5H3,(H-,66,69,70,71)/b10-8-,16-14-,21-19+,22-20-,25-24-,28-27-,31-30-,34-33-,37-36-,40-39-,50-48+,58-56+. The molecule has 0 rings (SSSR count). The predicted molar refractivity (Wildman–Crippen MR) is 320 cm³/mol. The van der Waals surface area contributed by atoms with Gasteiger partial charge in [-0.2, -0.15) is 0 Å². The average molecular weight is 1050 g/mol. The Morgan fingerprint density at radius 3 is 1.26 bits per heavy atom. The first-order valence-corrected chi connectivity index (χ1v) is 30.7. The molecule has 74 heavy (non-hydrogen) atoms. The Morgan fingerprint density at radius 2 is 0.838 bits per heavy atom. The molecular weight excluding hydrogens is 936 g/mol. The highest BCUT2D eigenvalue weighted by Gasteiger charge is 2.23. The van der Waals surface area contributed by atoms with Gasteiger partial charge >= 0.3 is 0 Å². The maximum atomic E-state index is 12.9. The third-order valence-corrected chi connectivity index (χ3v) is 13.0. The van der Waals surface area contributed by atoms with Crippen molar-refractivity contribution in [2.75, 3.05) is 40.9 Å². The SMILES string of the molecule is CC/C=C\C/C=C\C/C=C\C/C=C\C/C=C\C/C=C\C/C=C\C/C=C\C/C=C\CCCCCCCCCCCC(=O)NC(COP(=O)([O-])OCC[N+](C)(C)C)C(O)/C=C/CC/C=C/CC/C=C/CCCCCCC. The number of hydrogen-bond donors (Lipinski definition) is 2.